The van der Waals surface area contributed by atoms with Gasteiger partial charge < -0.3 is 0 Å². The van der Waals surface area contributed by atoms with Crippen molar-refractivity contribution in [1.82, 2.24) is 0 Å². The normalized spacial score (nSPS) is 11.5. The van der Waals surface area contributed by atoms with E-state index in [9.17, 15) is 12.8 Å². The zero-order valence-corrected chi connectivity index (χ0v) is 16.2. The van der Waals surface area contributed by atoms with Crippen LogP contribution in [0.3, 0.4) is 0 Å². The number of nitrogens with one attached hydrogen (secondary N) is 1. The molecule has 21 heavy (non-hydrogen) atoms. The molecule has 0 radical (unpaired) electrons. The lowest BCUT2D eigenvalue weighted by Crippen LogP contribution is -2.14. The summed E-state index contributed by atoms with van der Waals surface area (Å²) in [5.74, 6) is -0.542. The highest BCUT2D eigenvalue weighted by Crippen LogP contribution is 2.30. The molecule has 0 saturated heterocycles. The number of benzene rings is 2. The molecule has 0 spiro atoms. The lowest BCUT2D eigenvalue weighted by Gasteiger charge is -2.11. The van der Waals surface area contributed by atoms with E-state index in [1.807, 2.05) is 6.92 Å². The molecule has 0 unspecified atom stereocenters. The number of rotatable bonds is 3. The first-order chi connectivity index (χ1) is 9.70. The Balaban J connectivity index is 2.43. The second-order valence-corrected chi connectivity index (χ2v) is 8.48. The Kier molecular flexibility index (Phi) is 5.12. The maximum absolute atomic E-state index is 13.5. The number of halogens is 4. The van der Waals surface area contributed by atoms with Crippen LogP contribution >= 0.6 is 47.8 Å². The largest absolute Gasteiger partial charge is 0.279 e. The first-order valence-corrected chi connectivity index (χ1v) is 9.50. The lowest BCUT2D eigenvalue weighted by atomic mass is 10.2. The van der Waals surface area contributed by atoms with Gasteiger partial charge in [-0.15, -0.1) is 0 Å². The minimum atomic E-state index is -3.82. The molecular formula is C13H9Br3FNO2S. The van der Waals surface area contributed by atoms with Crippen LogP contribution < -0.4 is 4.72 Å². The quantitative estimate of drug-likeness (QED) is 0.626. The molecule has 8 heteroatoms. The molecule has 2 rings (SSSR count). The summed E-state index contributed by atoms with van der Waals surface area (Å²) in [5.41, 5.74) is 1.05. The van der Waals surface area contributed by atoms with Crippen LogP contribution in [-0.2, 0) is 10.0 Å². The molecule has 0 bridgehead atoms. The van der Waals surface area contributed by atoms with Gasteiger partial charge in [0, 0.05) is 8.95 Å². The van der Waals surface area contributed by atoms with Crippen LogP contribution in [0.25, 0.3) is 0 Å². The van der Waals surface area contributed by atoms with Gasteiger partial charge in [0.2, 0.25) is 0 Å². The topological polar surface area (TPSA) is 46.2 Å². The maximum atomic E-state index is 13.5. The van der Waals surface area contributed by atoms with Crippen molar-refractivity contribution in [2.24, 2.45) is 0 Å². The fraction of sp³-hybridized carbons (Fsp3) is 0.0769. The van der Waals surface area contributed by atoms with E-state index in [0.29, 0.717) is 8.95 Å². The van der Waals surface area contributed by atoms with Crippen LogP contribution in [0.2, 0.25) is 0 Å². The number of anilines is 1. The molecule has 0 aliphatic carbocycles. The third-order valence-electron chi connectivity index (χ3n) is 2.67. The second-order valence-electron chi connectivity index (χ2n) is 4.27. The smallest absolute Gasteiger partial charge is 0.263 e. The van der Waals surface area contributed by atoms with E-state index in [-0.39, 0.29) is 15.1 Å². The van der Waals surface area contributed by atoms with Gasteiger partial charge in [0.25, 0.3) is 10.0 Å². The van der Waals surface area contributed by atoms with E-state index in [0.717, 1.165) is 11.6 Å². The standard InChI is InChI=1S/C13H9Br3FNO2S/c1-7-4-11(16)13(6-10(7)15)21(19,20)18-8-2-3-9(14)12(17)5-8/h2-6,18H,1H3. The third-order valence-corrected chi connectivity index (χ3v) is 6.51. The highest BCUT2D eigenvalue weighted by Gasteiger charge is 2.19. The van der Waals surface area contributed by atoms with Crippen LogP contribution in [0.1, 0.15) is 5.56 Å². The molecule has 0 aliphatic heterocycles. The summed E-state index contributed by atoms with van der Waals surface area (Å²) in [6.07, 6.45) is 0. The third kappa shape index (κ3) is 3.85. The van der Waals surface area contributed by atoms with Crippen molar-refractivity contribution in [3.8, 4) is 0 Å². The Hall–Kier alpha value is -0.440. The SMILES string of the molecule is Cc1cc(Br)c(S(=O)(=O)Nc2ccc(Br)c(F)c2)cc1Br. The molecule has 0 heterocycles. The predicted octanol–water partition coefficient (Wildman–Crippen LogP) is 5.22. The van der Waals surface area contributed by atoms with Crippen molar-refractivity contribution < 1.29 is 12.8 Å². The highest BCUT2D eigenvalue weighted by atomic mass is 79.9. The zero-order chi connectivity index (χ0) is 15.8. The van der Waals surface area contributed by atoms with Gasteiger partial charge in [-0.2, -0.15) is 0 Å². The van der Waals surface area contributed by atoms with E-state index in [1.165, 1.54) is 18.2 Å². The molecule has 0 fully saturated rings. The van der Waals surface area contributed by atoms with Gasteiger partial charge in [-0.05, 0) is 74.7 Å². The molecule has 112 valence electrons. The average Bonchev–Trinajstić information content (AvgIpc) is 2.37. The van der Waals surface area contributed by atoms with Crippen LogP contribution in [0.15, 0.2) is 48.6 Å². The summed E-state index contributed by atoms with van der Waals surface area (Å²) < 4.78 is 42.0. The summed E-state index contributed by atoms with van der Waals surface area (Å²) in [4.78, 5) is 0.0725. The Bertz CT molecular complexity index is 809. The van der Waals surface area contributed by atoms with Gasteiger partial charge >= 0.3 is 0 Å². The van der Waals surface area contributed by atoms with Crippen LogP contribution in [0, 0.1) is 12.7 Å². The first kappa shape index (κ1) is 16.9. The maximum Gasteiger partial charge on any atom is 0.263 e. The molecule has 2 aromatic rings. The van der Waals surface area contributed by atoms with Crippen LogP contribution in [-0.4, -0.2) is 8.42 Å². The molecule has 0 aromatic heterocycles. The van der Waals surface area contributed by atoms with E-state index >= 15 is 0 Å². The summed E-state index contributed by atoms with van der Waals surface area (Å²) in [7, 11) is -3.82. The van der Waals surface area contributed by atoms with Crippen molar-refractivity contribution in [3.63, 3.8) is 0 Å². The minimum absolute atomic E-state index is 0.0725. The fourth-order valence-corrected chi connectivity index (χ4v) is 4.58. The number of aryl methyl sites for hydroxylation is 1. The predicted molar refractivity (Wildman–Crippen MR) is 91.5 cm³/mol. The van der Waals surface area contributed by atoms with E-state index < -0.39 is 15.8 Å². The van der Waals surface area contributed by atoms with Crippen LogP contribution in [0.4, 0.5) is 10.1 Å². The second kappa shape index (κ2) is 6.36. The van der Waals surface area contributed by atoms with Gasteiger partial charge in [0.05, 0.1) is 10.2 Å². The summed E-state index contributed by atoms with van der Waals surface area (Å²) in [6, 6.07) is 7.21. The molecule has 0 amide bonds. The number of hydrogen-bond donors (Lipinski definition) is 1. The molecule has 2 aromatic carbocycles. The van der Waals surface area contributed by atoms with E-state index in [2.05, 4.69) is 52.5 Å². The summed E-state index contributed by atoms with van der Waals surface area (Å²) in [5, 5.41) is 0. The van der Waals surface area contributed by atoms with Crippen molar-refractivity contribution in [3.05, 3.63) is 55.1 Å². The van der Waals surface area contributed by atoms with Crippen LogP contribution in [0.5, 0.6) is 0 Å². The number of sulfonamides is 1. The summed E-state index contributed by atoms with van der Waals surface area (Å²) in [6.45, 7) is 1.85. The summed E-state index contributed by atoms with van der Waals surface area (Å²) >= 11 is 9.55. The Morgan fingerprint density at radius 3 is 2.29 bits per heavy atom. The zero-order valence-electron chi connectivity index (χ0n) is 10.6. The molecule has 0 atom stereocenters. The van der Waals surface area contributed by atoms with E-state index in [4.69, 9.17) is 0 Å². The molecule has 0 saturated carbocycles. The van der Waals surface area contributed by atoms with Crippen molar-refractivity contribution in [1.29, 1.82) is 0 Å². The highest BCUT2D eigenvalue weighted by molar-refractivity contribution is 9.11. The first-order valence-electron chi connectivity index (χ1n) is 5.64. The van der Waals surface area contributed by atoms with Gasteiger partial charge in [-0.1, -0.05) is 15.9 Å². The molecule has 1 N–H and O–H groups in total. The lowest BCUT2D eigenvalue weighted by molar-refractivity contribution is 0.600. The van der Waals surface area contributed by atoms with Gasteiger partial charge in [0.15, 0.2) is 0 Å². The Labute approximate surface area is 147 Å². The van der Waals surface area contributed by atoms with Gasteiger partial charge in [-0.25, -0.2) is 12.8 Å². The number of hydrogen-bond acceptors (Lipinski definition) is 2. The van der Waals surface area contributed by atoms with Crippen molar-refractivity contribution in [2.75, 3.05) is 4.72 Å². The molecule has 3 nitrogen and oxygen atoms in total. The van der Waals surface area contributed by atoms with Gasteiger partial charge in [-0.3, -0.25) is 4.72 Å². The van der Waals surface area contributed by atoms with Crippen molar-refractivity contribution >= 4 is 63.5 Å². The Morgan fingerprint density at radius 2 is 1.67 bits per heavy atom. The van der Waals surface area contributed by atoms with Crippen molar-refractivity contribution in [2.45, 2.75) is 11.8 Å². The monoisotopic (exact) mass is 499 g/mol. The molecular weight excluding hydrogens is 493 g/mol. The fourth-order valence-electron chi connectivity index (χ4n) is 1.60. The minimum Gasteiger partial charge on any atom is -0.279 e. The average molecular weight is 502 g/mol. The molecule has 0 aliphatic rings. The van der Waals surface area contributed by atoms with E-state index in [1.54, 1.807) is 6.07 Å². The van der Waals surface area contributed by atoms with Gasteiger partial charge in [0.1, 0.15) is 10.7 Å². The Morgan fingerprint density at radius 1 is 1.00 bits per heavy atom.